The van der Waals surface area contributed by atoms with E-state index in [4.69, 9.17) is 4.74 Å². The van der Waals surface area contributed by atoms with Gasteiger partial charge < -0.3 is 15.4 Å². The normalized spacial score (nSPS) is 17.5. The van der Waals surface area contributed by atoms with Gasteiger partial charge in [-0.2, -0.15) is 13.2 Å². The van der Waals surface area contributed by atoms with Crippen molar-refractivity contribution in [3.63, 3.8) is 0 Å². The van der Waals surface area contributed by atoms with Crippen molar-refractivity contribution < 1.29 is 22.7 Å². The van der Waals surface area contributed by atoms with Gasteiger partial charge in [0.05, 0.1) is 5.92 Å². The first-order valence-electron chi connectivity index (χ1n) is 7.68. The molecule has 4 nitrogen and oxygen atoms in total. The number of hydrogen-bond acceptors (Lipinski definition) is 2. The maximum atomic E-state index is 13.1. The van der Waals surface area contributed by atoms with Crippen molar-refractivity contribution in [3.05, 3.63) is 35.9 Å². The highest BCUT2D eigenvalue weighted by Crippen LogP contribution is 2.28. The van der Waals surface area contributed by atoms with Crippen LogP contribution in [-0.2, 0) is 11.2 Å². The first-order valence-corrected chi connectivity index (χ1v) is 7.68. The Morgan fingerprint density at radius 2 is 1.87 bits per heavy atom. The van der Waals surface area contributed by atoms with Gasteiger partial charge in [-0.15, -0.1) is 0 Å². The second kappa shape index (κ2) is 8.19. The Bertz CT molecular complexity index is 488. The molecule has 2 rings (SSSR count). The summed E-state index contributed by atoms with van der Waals surface area (Å²) >= 11 is 0. The minimum absolute atomic E-state index is 0.0396. The maximum Gasteiger partial charge on any atom is 0.393 e. The average molecular weight is 330 g/mol. The number of alkyl halides is 3. The molecule has 0 radical (unpaired) electrons. The van der Waals surface area contributed by atoms with Crippen LogP contribution in [-0.4, -0.2) is 38.0 Å². The van der Waals surface area contributed by atoms with Gasteiger partial charge in [0, 0.05) is 25.8 Å². The highest BCUT2D eigenvalue weighted by molar-refractivity contribution is 5.74. The van der Waals surface area contributed by atoms with Crippen molar-refractivity contribution in [2.45, 2.75) is 31.5 Å². The van der Waals surface area contributed by atoms with E-state index in [2.05, 4.69) is 10.6 Å². The van der Waals surface area contributed by atoms with Crippen molar-refractivity contribution >= 4 is 6.03 Å². The van der Waals surface area contributed by atoms with Crippen LogP contribution in [0.1, 0.15) is 18.4 Å². The number of carbonyl (C=O) groups excluding carboxylic acids is 1. The van der Waals surface area contributed by atoms with Crippen LogP contribution in [0.15, 0.2) is 30.3 Å². The molecule has 1 aliphatic rings. The first kappa shape index (κ1) is 17.6. The van der Waals surface area contributed by atoms with E-state index in [1.54, 1.807) is 30.3 Å². The molecule has 1 saturated heterocycles. The largest absolute Gasteiger partial charge is 0.393 e. The summed E-state index contributed by atoms with van der Waals surface area (Å²) in [6.45, 7) is 0.682. The molecule has 1 aromatic carbocycles. The molecule has 23 heavy (non-hydrogen) atoms. The number of hydrogen-bond donors (Lipinski definition) is 2. The zero-order valence-electron chi connectivity index (χ0n) is 12.7. The number of ether oxygens (including phenoxy) is 1. The Balaban J connectivity index is 1.84. The molecule has 1 fully saturated rings. The van der Waals surface area contributed by atoms with Crippen molar-refractivity contribution in [2.75, 3.05) is 19.8 Å². The number of carbonyl (C=O) groups is 1. The molecule has 1 atom stereocenters. The smallest absolute Gasteiger partial charge is 0.381 e. The third-order valence-corrected chi connectivity index (χ3v) is 3.85. The van der Waals surface area contributed by atoms with E-state index in [1.165, 1.54) is 0 Å². The van der Waals surface area contributed by atoms with E-state index < -0.39 is 24.7 Å². The summed E-state index contributed by atoms with van der Waals surface area (Å²) in [5.41, 5.74) is 0.599. The summed E-state index contributed by atoms with van der Waals surface area (Å²) < 4.78 is 44.5. The fraction of sp³-hybridized carbons (Fsp3) is 0.562. The summed E-state index contributed by atoms with van der Waals surface area (Å²) in [5, 5.41) is 5.04. The summed E-state index contributed by atoms with van der Waals surface area (Å²) in [7, 11) is 0. The van der Waals surface area contributed by atoms with Crippen LogP contribution >= 0.6 is 0 Å². The number of rotatable bonds is 5. The van der Waals surface area contributed by atoms with Crippen molar-refractivity contribution in [2.24, 2.45) is 5.92 Å². The molecule has 1 heterocycles. The Morgan fingerprint density at radius 1 is 1.22 bits per heavy atom. The SMILES string of the molecule is O=C(NCC(Cc1ccccc1)C(F)(F)F)NC1CCOCC1. The molecule has 7 heteroatoms. The van der Waals surface area contributed by atoms with Gasteiger partial charge in [0.2, 0.25) is 0 Å². The van der Waals surface area contributed by atoms with Crippen molar-refractivity contribution in [1.29, 1.82) is 0 Å². The standard InChI is InChI=1S/C16H21F3N2O2/c17-16(18,19)13(10-12-4-2-1-3-5-12)11-20-15(22)21-14-6-8-23-9-7-14/h1-5,13-14H,6-11H2,(H2,20,21,22). The average Bonchev–Trinajstić information content (AvgIpc) is 2.52. The van der Waals surface area contributed by atoms with Gasteiger partial charge in [-0.1, -0.05) is 30.3 Å². The van der Waals surface area contributed by atoms with Crippen LogP contribution < -0.4 is 10.6 Å². The van der Waals surface area contributed by atoms with Crippen LogP contribution in [0.2, 0.25) is 0 Å². The highest BCUT2D eigenvalue weighted by Gasteiger charge is 2.39. The third kappa shape index (κ3) is 6.09. The fourth-order valence-electron chi connectivity index (χ4n) is 2.50. The number of urea groups is 1. The fourth-order valence-corrected chi connectivity index (χ4v) is 2.50. The second-order valence-electron chi connectivity index (χ2n) is 5.67. The lowest BCUT2D eigenvalue weighted by Gasteiger charge is -2.25. The summed E-state index contributed by atoms with van der Waals surface area (Å²) in [6, 6.07) is 7.87. The van der Waals surface area contributed by atoms with E-state index in [0.29, 0.717) is 31.6 Å². The van der Waals surface area contributed by atoms with Gasteiger partial charge in [-0.05, 0) is 24.8 Å². The molecule has 1 unspecified atom stereocenters. The van der Waals surface area contributed by atoms with Gasteiger partial charge in [-0.3, -0.25) is 0 Å². The van der Waals surface area contributed by atoms with Crippen LogP contribution in [0.25, 0.3) is 0 Å². The Kier molecular flexibility index (Phi) is 6.27. The van der Waals surface area contributed by atoms with Crippen molar-refractivity contribution in [1.82, 2.24) is 10.6 Å². The van der Waals surface area contributed by atoms with E-state index in [9.17, 15) is 18.0 Å². The van der Waals surface area contributed by atoms with Gasteiger partial charge in [0.25, 0.3) is 0 Å². The molecule has 2 N–H and O–H groups in total. The van der Waals surface area contributed by atoms with E-state index >= 15 is 0 Å². The van der Waals surface area contributed by atoms with Gasteiger partial charge in [-0.25, -0.2) is 4.79 Å². The quantitative estimate of drug-likeness (QED) is 0.872. The predicted molar refractivity (Wildman–Crippen MR) is 80.1 cm³/mol. The van der Waals surface area contributed by atoms with E-state index in [-0.39, 0.29) is 12.5 Å². The van der Waals surface area contributed by atoms with Crippen molar-refractivity contribution in [3.8, 4) is 0 Å². The van der Waals surface area contributed by atoms with Gasteiger partial charge in [0.15, 0.2) is 0 Å². The Morgan fingerprint density at radius 3 is 2.48 bits per heavy atom. The molecule has 0 spiro atoms. The van der Waals surface area contributed by atoms with Crippen LogP contribution in [0, 0.1) is 5.92 Å². The van der Waals surface area contributed by atoms with E-state index in [1.807, 2.05) is 0 Å². The monoisotopic (exact) mass is 330 g/mol. The van der Waals surface area contributed by atoms with Gasteiger partial charge in [0.1, 0.15) is 0 Å². The number of amides is 2. The Hall–Kier alpha value is -1.76. The lowest BCUT2D eigenvalue weighted by atomic mass is 9.99. The second-order valence-corrected chi connectivity index (χ2v) is 5.67. The molecule has 0 aliphatic carbocycles. The predicted octanol–water partition coefficient (Wildman–Crippen LogP) is 2.89. The first-order chi connectivity index (χ1) is 10.9. The van der Waals surface area contributed by atoms with Gasteiger partial charge >= 0.3 is 12.2 Å². The highest BCUT2D eigenvalue weighted by atomic mass is 19.4. The van der Waals surface area contributed by atoms with Crippen LogP contribution in [0.3, 0.4) is 0 Å². The molecular formula is C16H21F3N2O2. The topological polar surface area (TPSA) is 50.4 Å². The molecule has 1 aromatic rings. The Labute approximate surface area is 133 Å². The van der Waals surface area contributed by atoms with Crippen LogP contribution in [0.4, 0.5) is 18.0 Å². The minimum Gasteiger partial charge on any atom is -0.381 e. The zero-order chi connectivity index (χ0) is 16.7. The van der Waals surface area contributed by atoms with E-state index in [0.717, 1.165) is 0 Å². The number of halogens is 3. The molecule has 128 valence electrons. The molecular weight excluding hydrogens is 309 g/mol. The third-order valence-electron chi connectivity index (χ3n) is 3.85. The number of nitrogens with one attached hydrogen (secondary N) is 2. The summed E-state index contributed by atoms with van der Waals surface area (Å²) in [6.07, 6.45) is -3.15. The number of benzene rings is 1. The zero-order valence-corrected chi connectivity index (χ0v) is 12.7. The minimum atomic E-state index is -4.36. The lowest BCUT2D eigenvalue weighted by molar-refractivity contribution is -0.172. The lowest BCUT2D eigenvalue weighted by Crippen LogP contribution is -2.47. The molecule has 2 amide bonds. The molecule has 1 aliphatic heterocycles. The summed E-state index contributed by atoms with van der Waals surface area (Å²) in [5.74, 6) is -1.61. The maximum absolute atomic E-state index is 13.1. The molecule has 0 bridgehead atoms. The molecule has 0 aromatic heterocycles. The van der Waals surface area contributed by atoms with Crippen LogP contribution in [0.5, 0.6) is 0 Å². The summed E-state index contributed by atoms with van der Waals surface area (Å²) in [4.78, 5) is 11.8. The molecule has 0 saturated carbocycles.